The first-order valence-electron chi connectivity index (χ1n) is 12.0. The van der Waals surface area contributed by atoms with Crippen molar-refractivity contribution in [1.82, 2.24) is 0 Å². The molecular weight excluding hydrogens is 651 g/mol. The molecule has 4 aromatic carbocycles. The Morgan fingerprint density at radius 3 is 1.40 bits per heavy atom. The Kier molecular flexibility index (Phi) is 7.26. The fourth-order valence-electron chi connectivity index (χ4n) is 5.70. The van der Waals surface area contributed by atoms with E-state index in [0.29, 0.717) is 11.5 Å². The number of ether oxygens (including phenoxy) is 2. The van der Waals surface area contributed by atoms with E-state index in [0.717, 1.165) is 0 Å². The van der Waals surface area contributed by atoms with Crippen LogP contribution in [0.25, 0.3) is 0 Å². The van der Waals surface area contributed by atoms with Gasteiger partial charge >= 0.3 is 228 Å². The summed E-state index contributed by atoms with van der Waals surface area (Å²) in [5.41, 5.74) is -1.29. The second kappa shape index (κ2) is 10.3. The zero-order valence-corrected chi connectivity index (χ0v) is 24.1. The Bertz CT molecular complexity index is 1590. The molecule has 11 heteroatoms. The molecule has 0 saturated carbocycles. The van der Waals surface area contributed by atoms with Crippen LogP contribution in [0.5, 0.6) is 11.5 Å². The SMILES string of the molecule is COc1cc[c]([Sn]2([c]3ccc(OC)cc3)[c]3c(F)c(F)c(F)c(F)c3CC(C)c3c(F)c(F)c(F)c(F)[c]32)cc1. The van der Waals surface area contributed by atoms with Gasteiger partial charge < -0.3 is 0 Å². The number of fused-ring (bicyclic) bond motifs is 2. The van der Waals surface area contributed by atoms with E-state index in [-0.39, 0.29) is 7.16 Å². The Labute approximate surface area is 228 Å². The molecule has 0 radical (unpaired) electrons. The second-order valence-electron chi connectivity index (χ2n) is 9.47. The molecule has 40 heavy (non-hydrogen) atoms. The fourth-order valence-corrected chi connectivity index (χ4v) is 21.0. The molecule has 1 unspecified atom stereocenters. The third-order valence-electron chi connectivity index (χ3n) is 7.47. The third-order valence-corrected chi connectivity index (χ3v) is 21.5. The van der Waals surface area contributed by atoms with E-state index >= 15 is 26.3 Å². The third kappa shape index (κ3) is 3.89. The van der Waals surface area contributed by atoms with Crippen LogP contribution in [0.2, 0.25) is 0 Å². The van der Waals surface area contributed by atoms with Crippen molar-refractivity contribution < 1.29 is 44.6 Å². The first-order chi connectivity index (χ1) is 19.0. The molecule has 0 spiro atoms. The minimum absolute atomic E-state index is 0.0884. The average Bonchev–Trinajstić information content (AvgIpc) is 3.09. The molecule has 0 saturated heterocycles. The van der Waals surface area contributed by atoms with Crippen LogP contribution in [-0.4, -0.2) is 32.6 Å². The second-order valence-corrected chi connectivity index (χ2v) is 19.9. The van der Waals surface area contributed by atoms with Crippen molar-refractivity contribution in [3.8, 4) is 11.5 Å². The summed E-state index contributed by atoms with van der Waals surface area (Å²) in [7, 11) is 2.71. The monoisotopic (exact) mass is 672 g/mol. The van der Waals surface area contributed by atoms with Gasteiger partial charge in [-0.2, -0.15) is 0 Å². The van der Waals surface area contributed by atoms with Crippen molar-refractivity contribution >= 4 is 32.7 Å². The fraction of sp³-hybridized carbons (Fsp3) is 0.172. The van der Waals surface area contributed by atoms with Gasteiger partial charge in [-0.3, -0.25) is 0 Å². The van der Waals surface area contributed by atoms with Crippen molar-refractivity contribution in [2.75, 3.05) is 14.2 Å². The number of benzene rings is 4. The molecule has 0 bridgehead atoms. The van der Waals surface area contributed by atoms with Crippen LogP contribution in [0.3, 0.4) is 0 Å². The summed E-state index contributed by atoms with van der Waals surface area (Å²) in [6.07, 6.45) is -0.644. The Balaban J connectivity index is 2.14. The average molecular weight is 671 g/mol. The molecule has 2 nitrogen and oxygen atoms in total. The summed E-state index contributed by atoms with van der Waals surface area (Å²) >= 11 is -6.04. The molecule has 5 rings (SSSR count). The number of hydrogen-bond donors (Lipinski definition) is 0. The summed E-state index contributed by atoms with van der Waals surface area (Å²) in [4.78, 5) is 0. The van der Waals surface area contributed by atoms with E-state index in [1.165, 1.54) is 69.7 Å². The van der Waals surface area contributed by atoms with Crippen LogP contribution in [0.4, 0.5) is 35.1 Å². The Morgan fingerprint density at radius 1 is 0.550 bits per heavy atom. The van der Waals surface area contributed by atoms with E-state index in [4.69, 9.17) is 9.47 Å². The summed E-state index contributed by atoms with van der Waals surface area (Å²) in [6.45, 7) is 1.27. The van der Waals surface area contributed by atoms with Crippen molar-refractivity contribution in [3.63, 3.8) is 0 Å². The maximum absolute atomic E-state index is 16.2. The van der Waals surface area contributed by atoms with Crippen LogP contribution < -0.4 is 23.8 Å². The van der Waals surface area contributed by atoms with Crippen LogP contribution in [0.1, 0.15) is 24.0 Å². The number of methoxy groups -OCH3 is 2. The molecule has 1 aliphatic rings. The van der Waals surface area contributed by atoms with Crippen LogP contribution >= 0.6 is 0 Å². The van der Waals surface area contributed by atoms with E-state index in [1.807, 2.05) is 0 Å². The number of hydrogen-bond acceptors (Lipinski definition) is 2. The first kappa shape index (κ1) is 28.3. The quantitative estimate of drug-likeness (QED) is 0.134. The standard InChI is InChI=1S/C15H6F8.2C7H7O.Sn/c1-5(7-4-9(17)13(21)15(23)11(7)19)2-6-3-8(16)12(20)14(22)10(6)18;2*1-8-7-5-3-2-4-6-7;/h5H,2H2,1H3;2*3-6H,1H3;. The molecule has 208 valence electrons. The topological polar surface area (TPSA) is 18.5 Å². The molecule has 0 N–H and O–H groups in total. The zero-order chi connectivity index (χ0) is 29.1. The van der Waals surface area contributed by atoms with E-state index < -0.39 is 95.5 Å². The van der Waals surface area contributed by atoms with Gasteiger partial charge in [0.1, 0.15) is 0 Å². The van der Waals surface area contributed by atoms with Gasteiger partial charge in [0.2, 0.25) is 0 Å². The van der Waals surface area contributed by atoms with Gasteiger partial charge in [0, 0.05) is 0 Å². The molecule has 0 aromatic heterocycles. The summed E-state index contributed by atoms with van der Waals surface area (Å²) in [5, 5.41) is 0. The van der Waals surface area contributed by atoms with Crippen molar-refractivity contribution in [2.24, 2.45) is 0 Å². The van der Waals surface area contributed by atoms with Crippen molar-refractivity contribution in [3.05, 3.63) is 106 Å². The zero-order valence-electron chi connectivity index (χ0n) is 21.2. The van der Waals surface area contributed by atoms with E-state index in [2.05, 4.69) is 0 Å². The maximum atomic E-state index is 16.2. The molecule has 1 heterocycles. The molecular formula is C29H20F8O2Sn. The van der Waals surface area contributed by atoms with Crippen molar-refractivity contribution in [1.29, 1.82) is 0 Å². The van der Waals surface area contributed by atoms with Gasteiger partial charge in [0.15, 0.2) is 0 Å². The van der Waals surface area contributed by atoms with Gasteiger partial charge in [0.05, 0.1) is 0 Å². The normalized spacial score (nSPS) is 15.7. The van der Waals surface area contributed by atoms with Gasteiger partial charge in [-0.15, -0.1) is 0 Å². The molecule has 1 atom stereocenters. The van der Waals surface area contributed by atoms with Crippen LogP contribution in [0.15, 0.2) is 48.5 Å². The van der Waals surface area contributed by atoms with Crippen molar-refractivity contribution in [2.45, 2.75) is 19.3 Å². The van der Waals surface area contributed by atoms with Gasteiger partial charge in [0.25, 0.3) is 0 Å². The predicted octanol–water partition coefficient (Wildman–Crippen LogP) is 4.85. The van der Waals surface area contributed by atoms with Crippen LogP contribution in [0, 0.1) is 46.5 Å². The Morgan fingerprint density at radius 2 is 0.950 bits per heavy atom. The summed E-state index contributed by atoms with van der Waals surface area (Å²) < 4.78 is 132. The number of rotatable bonds is 4. The molecule has 1 aliphatic heterocycles. The molecule has 0 fully saturated rings. The minimum atomic E-state index is -6.04. The summed E-state index contributed by atoms with van der Waals surface area (Å²) in [6, 6.07) is 11.1. The van der Waals surface area contributed by atoms with Gasteiger partial charge in [-0.25, -0.2) is 0 Å². The van der Waals surface area contributed by atoms with Gasteiger partial charge in [-0.1, -0.05) is 0 Å². The first-order valence-corrected chi connectivity index (χ1v) is 17.7. The van der Waals surface area contributed by atoms with E-state index in [9.17, 15) is 8.78 Å². The molecule has 4 aromatic rings. The predicted molar refractivity (Wildman–Crippen MR) is 135 cm³/mol. The van der Waals surface area contributed by atoms with E-state index in [1.54, 1.807) is 0 Å². The number of halogens is 8. The van der Waals surface area contributed by atoms with Crippen LogP contribution in [-0.2, 0) is 6.42 Å². The Hall–Kier alpha value is -3.28. The van der Waals surface area contributed by atoms with Gasteiger partial charge in [-0.05, 0) is 0 Å². The summed E-state index contributed by atoms with van der Waals surface area (Å²) in [5.74, 6) is -16.3. The molecule has 0 amide bonds. The molecule has 0 aliphatic carbocycles.